The van der Waals surface area contributed by atoms with Crippen LogP contribution in [-0.4, -0.2) is 7.11 Å². The molecule has 0 spiro atoms. The second kappa shape index (κ2) is 6.18. The van der Waals surface area contributed by atoms with Gasteiger partial charge in [-0.05, 0) is 17.7 Å². The molecule has 0 saturated heterocycles. The number of anilines is 1. The van der Waals surface area contributed by atoms with E-state index in [-0.39, 0.29) is 12.2 Å². The zero-order valence-electron chi connectivity index (χ0n) is 11.1. The maximum Gasteiger partial charge on any atom is 0.161 e. The highest BCUT2D eigenvalue weighted by Gasteiger charge is 2.10. The predicted octanol–water partition coefficient (Wildman–Crippen LogP) is 3.60. The van der Waals surface area contributed by atoms with Crippen LogP contribution in [-0.2, 0) is 6.54 Å². The van der Waals surface area contributed by atoms with Crippen LogP contribution in [0.15, 0.2) is 30.3 Å². The van der Waals surface area contributed by atoms with E-state index in [9.17, 15) is 13.2 Å². The van der Waals surface area contributed by atoms with Gasteiger partial charge in [-0.3, -0.25) is 0 Å². The lowest BCUT2D eigenvalue weighted by Gasteiger charge is -2.10. The molecule has 0 saturated carbocycles. The van der Waals surface area contributed by atoms with Gasteiger partial charge >= 0.3 is 0 Å². The number of methoxy groups -OCH3 is 1. The van der Waals surface area contributed by atoms with E-state index in [1.807, 2.05) is 6.07 Å². The van der Waals surface area contributed by atoms with Crippen LogP contribution in [0, 0.1) is 28.8 Å². The Balaban J connectivity index is 2.17. The van der Waals surface area contributed by atoms with Crippen LogP contribution < -0.4 is 10.1 Å². The second-order valence-corrected chi connectivity index (χ2v) is 4.25. The van der Waals surface area contributed by atoms with Gasteiger partial charge in [0, 0.05) is 18.7 Å². The number of nitrogens with one attached hydrogen (secondary N) is 1. The molecule has 0 aliphatic carbocycles. The van der Waals surface area contributed by atoms with Gasteiger partial charge in [0.25, 0.3) is 0 Å². The molecule has 0 aliphatic heterocycles. The zero-order valence-corrected chi connectivity index (χ0v) is 11.1. The Morgan fingerprint density at radius 1 is 1.10 bits per heavy atom. The number of hydrogen-bond donors (Lipinski definition) is 1. The van der Waals surface area contributed by atoms with Crippen molar-refractivity contribution in [2.75, 3.05) is 12.4 Å². The first-order valence-electron chi connectivity index (χ1n) is 6.00. The van der Waals surface area contributed by atoms with E-state index < -0.39 is 17.5 Å². The minimum Gasteiger partial charge on any atom is -0.495 e. The zero-order chi connectivity index (χ0) is 15.4. The van der Waals surface area contributed by atoms with Gasteiger partial charge in [0.2, 0.25) is 0 Å². The Kier molecular flexibility index (Phi) is 4.33. The van der Waals surface area contributed by atoms with Crippen LogP contribution in [0.5, 0.6) is 5.75 Å². The van der Waals surface area contributed by atoms with E-state index in [1.54, 1.807) is 18.2 Å². The van der Waals surface area contributed by atoms with Gasteiger partial charge in [0.1, 0.15) is 17.6 Å². The van der Waals surface area contributed by atoms with Gasteiger partial charge < -0.3 is 10.1 Å². The van der Waals surface area contributed by atoms with Crippen LogP contribution in [0.25, 0.3) is 0 Å². The minimum absolute atomic E-state index is 0.141. The molecule has 2 aromatic rings. The molecule has 0 amide bonds. The second-order valence-electron chi connectivity index (χ2n) is 4.25. The van der Waals surface area contributed by atoms with E-state index >= 15 is 0 Å². The summed E-state index contributed by atoms with van der Waals surface area (Å²) in [6.45, 7) is 0.171. The van der Waals surface area contributed by atoms with Crippen LogP contribution in [0.2, 0.25) is 0 Å². The fourth-order valence-corrected chi connectivity index (χ4v) is 1.79. The summed E-state index contributed by atoms with van der Waals surface area (Å²) in [6.07, 6.45) is 0. The van der Waals surface area contributed by atoms with Gasteiger partial charge in [-0.2, -0.15) is 5.26 Å². The molecule has 0 radical (unpaired) electrons. The third-order valence-electron chi connectivity index (χ3n) is 2.88. The summed E-state index contributed by atoms with van der Waals surface area (Å²) >= 11 is 0. The molecule has 0 fully saturated rings. The molecule has 1 N–H and O–H groups in total. The van der Waals surface area contributed by atoms with Crippen molar-refractivity contribution in [3.63, 3.8) is 0 Å². The molecular formula is C15H11F3N2O. The molecule has 2 aromatic carbocycles. The quantitative estimate of drug-likeness (QED) is 0.876. The highest BCUT2D eigenvalue weighted by molar-refractivity contribution is 5.48. The number of ether oxygens (including phenoxy) is 1. The molecule has 0 aliphatic rings. The highest BCUT2D eigenvalue weighted by Crippen LogP contribution is 2.22. The standard InChI is InChI=1S/C15H11F3N2O/c1-21-15-4-9(2-3-10(15)7-19)8-20-14-6-12(17)11(16)5-13(14)18/h2-6,20H,8H2,1H3. The molecule has 6 heteroatoms. The fourth-order valence-electron chi connectivity index (χ4n) is 1.79. The van der Waals surface area contributed by atoms with E-state index in [4.69, 9.17) is 10.00 Å². The maximum absolute atomic E-state index is 13.5. The van der Waals surface area contributed by atoms with Crippen molar-refractivity contribution in [2.24, 2.45) is 0 Å². The van der Waals surface area contributed by atoms with Gasteiger partial charge in [-0.1, -0.05) is 6.07 Å². The van der Waals surface area contributed by atoms with Crippen molar-refractivity contribution in [1.82, 2.24) is 0 Å². The minimum atomic E-state index is -1.24. The van der Waals surface area contributed by atoms with Crippen LogP contribution >= 0.6 is 0 Å². The molecule has 0 unspecified atom stereocenters. The van der Waals surface area contributed by atoms with Crippen molar-refractivity contribution >= 4 is 5.69 Å². The van der Waals surface area contributed by atoms with Gasteiger partial charge in [0.15, 0.2) is 11.6 Å². The molecule has 2 rings (SSSR count). The van der Waals surface area contributed by atoms with Crippen molar-refractivity contribution in [1.29, 1.82) is 5.26 Å². The Bertz CT molecular complexity index is 711. The van der Waals surface area contributed by atoms with Gasteiger partial charge in [0.05, 0.1) is 18.4 Å². The number of hydrogen-bond acceptors (Lipinski definition) is 3. The normalized spacial score (nSPS) is 10.0. The summed E-state index contributed by atoms with van der Waals surface area (Å²) in [4.78, 5) is 0. The van der Waals surface area contributed by atoms with Crippen LogP contribution in [0.4, 0.5) is 18.9 Å². The first kappa shape index (κ1) is 14.7. The maximum atomic E-state index is 13.5. The molecule has 21 heavy (non-hydrogen) atoms. The average molecular weight is 292 g/mol. The third kappa shape index (κ3) is 3.26. The number of nitriles is 1. The SMILES string of the molecule is COc1cc(CNc2cc(F)c(F)cc2F)ccc1C#N. The Morgan fingerprint density at radius 2 is 1.81 bits per heavy atom. The largest absolute Gasteiger partial charge is 0.495 e. The monoisotopic (exact) mass is 292 g/mol. The summed E-state index contributed by atoms with van der Waals surface area (Å²) in [5.74, 6) is -2.86. The Morgan fingerprint density at radius 3 is 2.48 bits per heavy atom. The summed E-state index contributed by atoms with van der Waals surface area (Å²) in [6, 6.07) is 8.05. The predicted molar refractivity (Wildman–Crippen MR) is 71.4 cm³/mol. The van der Waals surface area contributed by atoms with Crippen molar-refractivity contribution in [2.45, 2.75) is 6.54 Å². The van der Waals surface area contributed by atoms with Gasteiger partial charge in [-0.25, -0.2) is 13.2 Å². The van der Waals surface area contributed by atoms with E-state index in [1.165, 1.54) is 7.11 Å². The lowest BCUT2D eigenvalue weighted by atomic mass is 10.1. The van der Waals surface area contributed by atoms with Crippen molar-refractivity contribution in [3.8, 4) is 11.8 Å². The van der Waals surface area contributed by atoms with E-state index in [0.717, 1.165) is 6.07 Å². The molecule has 3 nitrogen and oxygen atoms in total. The molecule has 108 valence electrons. The summed E-state index contributed by atoms with van der Waals surface area (Å²) in [7, 11) is 1.43. The molecule has 0 heterocycles. The van der Waals surface area contributed by atoms with Crippen LogP contribution in [0.1, 0.15) is 11.1 Å². The lowest BCUT2D eigenvalue weighted by Crippen LogP contribution is -2.03. The Hall–Kier alpha value is -2.68. The number of rotatable bonds is 4. The van der Waals surface area contributed by atoms with Crippen molar-refractivity contribution in [3.05, 3.63) is 58.9 Å². The molecule has 0 aromatic heterocycles. The van der Waals surface area contributed by atoms with Gasteiger partial charge in [-0.15, -0.1) is 0 Å². The smallest absolute Gasteiger partial charge is 0.161 e. The van der Waals surface area contributed by atoms with Crippen LogP contribution in [0.3, 0.4) is 0 Å². The third-order valence-corrected chi connectivity index (χ3v) is 2.88. The molecule has 0 bridgehead atoms. The van der Waals surface area contributed by atoms with Crippen molar-refractivity contribution < 1.29 is 17.9 Å². The number of benzene rings is 2. The average Bonchev–Trinajstić information content (AvgIpc) is 2.49. The summed E-state index contributed by atoms with van der Waals surface area (Å²) in [5.41, 5.74) is 0.937. The fraction of sp³-hybridized carbons (Fsp3) is 0.133. The topological polar surface area (TPSA) is 45.0 Å². The Labute approximate surface area is 119 Å². The highest BCUT2D eigenvalue weighted by atomic mass is 19.2. The summed E-state index contributed by atoms with van der Waals surface area (Å²) in [5, 5.41) is 11.5. The summed E-state index contributed by atoms with van der Waals surface area (Å²) < 4.78 is 44.4. The molecular weight excluding hydrogens is 281 g/mol. The number of nitrogens with zero attached hydrogens (tertiary/aromatic N) is 1. The lowest BCUT2D eigenvalue weighted by molar-refractivity contribution is 0.413. The number of halogens is 3. The first-order chi connectivity index (χ1) is 10.0. The van der Waals surface area contributed by atoms with E-state index in [0.29, 0.717) is 22.9 Å². The first-order valence-corrected chi connectivity index (χ1v) is 6.00. The molecule has 0 atom stereocenters. The van der Waals surface area contributed by atoms with E-state index in [2.05, 4.69) is 5.32 Å².